The van der Waals surface area contributed by atoms with Crippen LogP contribution in [0.1, 0.15) is 0 Å². The molecule has 1 fully saturated rings. The minimum absolute atomic E-state index is 0. The molecule has 5 heteroatoms. The van der Waals surface area contributed by atoms with E-state index in [1.165, 1.54) is 22.9 Å². The van der Waals surface area contributed by atoms with Crippen molar-refractivity contribution in [2.75, 3.05) is 44.7 Å². The summed E-state index contributed by atoms with van der Waals surface area (Å²) in [6.45, 7) is 9.44. The maximum absolute atomic E-state index is 4.75. The van der Waals surface area contributed by atoms with Gasteiger partial charge in [0, 0.05) is 0 Å². The number of halogens is 1. The number of para-hydroxylation sites is 1. The van der Waals surface area contributed by atoms with Gasteiger partial charge in [-0.3, -0.25) is 0 Å². The van der Waals surface area contributed by atoms with Gasteiger partial charge in [-0.15, -0.1) is 0 Å². The molecular formula is C15H20BrN3S. The monoisotopic (exact) mass is 353 g/mol. The zero-order valence-corrected chi connectivity index (χ0v) is 14.2. The molecule has 20 heavy (non-hydrogen) atoms. The van der Waals surface area contributed by atoms with E-state index in [9.17, 15) is 0 Å². The molecule has 3 rings (SSSR count). The van der Waals surface area contributed by atoms with Crippen LogP contribution in [0.5, 0.6) is 0 Å². The average molecular weight is 354 g/mol. The van der Waals surface area contributed by atoms with E-state index >= 15 is 0 Å². The topological polar surface area (TPSA) is 16.1 Å². The SMILES string of the molecule is C=CC[N+]1(C)CCN(c2nc3ccccc3s2)CC1.[Br-]. The molecule has 2 heterocycles. The molecule has 0 aliphatic carbocycles. The van der Waals surface area contributed by atoms with Crippen LogP contribution in [0.4, 0.5) is 5.13 Å². The van der Waals surface area contributed by atoms with Gasteiger partial charge in [-0.05, 0) is 18.2 Å². The van der Waals surface area contributed by atoms with Gasteiger partial charge < -0.3 is 26.4 Å². The van der Waals surface area contributed by atoms with E-state index in [1.54, 1.807) is 11.3 Å². The van der Waals surface area contributed by atoms with Crippen molar-refractivity contribution in [1.29, 1.82) is 0 Å². The van der Waals surface area contributed by atoms with Crippen LogP contribution >= 0.6 is 11.3 Å². The molecule has 3 nitrogen and oxygen atoms in total. The van der Waals surface area contributed by atoms with E-state index in [0.717, 1.165) is 29.6 Å². The first-order valence-corrected chi connectivity index (χ1v) is 7.57. The highest BCUT2D eigenvalue weighted by atomic mass is 79.9. The van der Waals surface area contributed by atoms with Crippen molar-refractivity contribution in [3.05, 3.63) is 36.9 Å². The second-order valence-corrected chi connectivity index (χ2v) is 6.50. The molecule has 0 atom stereocenters. The molecule has 0 unspecified atom stereocenters. The van der Waals surface area contributed by atoms with Gasteiger partial charge in [-0.1, -0.05) is 30.0 Å². The second-order valence-electron chi connectivity index (χ2n) is 5.49. The Morgan fingerprint density at radius 2 is 2.05 bits per heavy atom. The van der Waals surface area contributed by atoms with E-state index < -0.39 is 0 Å². The standard InChI is InChI=1S/C15H20N3S.BrH/c1-3-10-18(2)11-8-17(9-12-18)15-16-13-6-4-5-7-14(13)19-15;/h3-7H,1,8-12H2,2H3;1H/q+1;/p-1. The Kier molecular flexibility index (Phi) is 4.83. The Balaban J connectivity index is 0.00000147. The number of anilines is 1. The molecule has 1 aromatic carbocycles. The molecule has 108 valence electrons. The highest BCUT2D eigenvalue weighted by Crippen LogP contribution is 2.29. The minimum Gasteiger partial charge on any atom is -1.00 e. The van der Waals surface area contributed by atoms with Crippen molar-refractivity contribution in [3.8, 4) is 0 Å². The van der Waals surface area contributed by atoms with Crippen LogP contribution in [-0.2, 0) is 0 Å². The number of nitrogens with zero attached hydrogens (tertiary/aromatic N) is 3. The zero-order valence-electron chi connectivity index (χ0n) is 11.8. The van der Waals surface area contributed by atoms with Gasteiger partial charge in [-0.25, -0.2) is 4.98 Å². The number of quaternary nitrogens is 1. The van der Waals surface area contributed by atoms with Crippen LogP contribution < -0.4 is 21.9 Å². The Bertz CT molecular complexity index is 555. The van der Waals surface area contributed by atoms with E-state index in [1.807, 2.05) is 6.08 Å². The third kappa shape index (κ3) is 3.05. The summed E-state index contributed by atoms with van der Waals surface area (Å²) in [5.74, 6) is 0. The lowest BCUT2D eigenvalue weighted by Gasteiger charge is -2.41. The first kappa shape index (κ1) is 15.5. The highest BCUT2D eigenvalue weighted by molar-refractivity contribution is 7.22. The fourth-order valence-electron chi connectivity index (χ4n) is 2.63. The largest absolute Gasteiger partial charge is 1.00 e. The molecule has 1 aromatic heterocycles. The fourth-order valence-corrected chi connectivity index (χ4v) is 3.65. The molecule has 0 bridgehead atoms. The molecule has 0 saturated carbocycles. The Morgan fingerprint density at radius 3 is 2.70 bits per heavy atom. The number of hydrogen-bond donors (Lipinski definition) is 0. The van der Waals surface area contributed by atoms with Gasteiger partial charge in [0.1, 0.15) is 0 Å². The Hall–Kier alpha value is -0.910. The molecule has 0 N–H and O–H groups in total. The van der Waals surface area contributed by atoms with E-state index in [-0.39, 0.29) is 17.0 Å². The van der Waals surface area contributed by atoms with Crippen molar-refractivity contribution in [1.82, 2.24) is 4.98 Å². The minimum atomic E-state index is 0. The number of thiazole rings is 1. The lowest BCUT2D eigenvalue weighted by atomic mass is 10.2. The molecule has 0 spiro atoms. The number of hydrogen-bond acceptors (Lipinski definition) is 3. The zero-order chi connectivity index (χ0) is 13.3. The van der Waals surface area contributed by atoms with E-state index in [4.69, 9.17) is 4.98 Å². The quantitative estimate of drug-likeness (QED) is 0.559. The van der Waals surface area contributed by atoms with Gasteiger partial charge in [0.2, 0.25) is 0 Å². The fraction of sp³-hybridized carbons (Fsp3) is 0.400. The predicted octanol–water partition coefficient (Wildman–Crippen LogP) is -0.247. The van der Waals surface area contributed by atoms with Crippen LogP contribution in [0.3, 0.4) is 0 Å². The summed E-state index contributed by atoms with van der Waals surface area (Å²) in [6.07, 6.45) is 2.04. The maximum atomic E-state index is 4.75. The number of fused-ring (bicyclic) bond motifs is 1. The Morgan fingerprint density at radius 1 is 1.35 bits per heavy atom. The third-order valence-electron chi connectivity index (χ3n) is 3.94. The first-order chi connectivity index (χ1) is 9.20. The molecule has 1 aliphatic rings. The number of aromatic nitrogens is 1. The van der Waals surface area contributed by atoms with Crippen molar-refractivity contribution >= 4 is 26.7 Å². The van der Waals surface area contributed by atoms with Gasteiger partial charge in [0.15, 0.2) is 5.13 Å². The van der Waals surface area contributed by atoms with Crippen LogP contribution in [-0.4, -0.2) is 49.2 Å². The molecule has 1 saturated heterocycles. The third-order valence-corrected chi connectivity index (χ3v) is 5.04. The normalized spacial score (nSPS) is 17.8. The summed E-state index contributed by atoms with van der Waals surface area (Å²) in [7, 11) is 2.32. The maximum Gasteiger partial charge on any atom is 0.186 e. The van der Waals surface area contributed by atoms with Gasteiger partial charge in [0.25, 0.3) is 0 Å². The van der Waals surface area contributed by atoms with Crippen LogP contribution in [0, 0.1) is 0 Å². The first-order valence-electron chi connectivity index (χ1n) is 6.75. The summed E-state index contributed by atoms with van der Waals surface area (Å²) in [6, 6.07) is 8.38. The van der Waals surface area contributed by atoms with Gasteiger partial charge in [-0.2, -0.15) is 0 Å². The second kappa shape index (κ2) is 6.24. The highest BCUT2D eigenvalue weighted by Gasteiger charge is 2.28. The smallest absolute Gasteiger partial charge is 0.186 e. The van der Waals surface area contributed by atoms with Crippen molar-refractivity contribution in [3.63, 3.8) is 0 Å². The number of likely N-dealkylation sites (N-methyl/N-ethyl adjacent to an activating group) is 1. The summed E-state index contributed by atoms with van der Waals surface area (Å²) in [5, 5.41) is 1.17. The number of benzene rings is 1. The average Bonchev–Trinajstić information content (AvgIpc) is 2.83. The van der Waals surface area contributed by atoms with Crippen molar-refractivity contribution in [2.45, 2.75) is 0 Å². The predicted molar refractivity (Wildman–Crippen MR) is 82.8 cm³/mol. The number of rotatable bonds is 3. The lowest BCUT2D eigenvalue weighted by Crippen LogP contribution is -3.00. The Labute approximate surface area is 134 Å². The van der Waals surface area contributed by atoms with Gasteiger partial charge >= 0.3 is 0 Å². The van der Waals surface area contributed by atoms with Crippen LogP contribution in [0.25, 0.3) is 10.2 Å². The molecule has 1 aliphatic heterocycles. The summed E-state index contributed by atoms with van der Waals surface area (Å²) >= 11 is 1.81. The molecule has 0 amide bonds. The summed E-state index contributed by atoms with van der Waals surface area (Å²) in [4.78, 5) is 7.17. The molecule has 0 radical (unpaired) electrons. The summed E-state index contributed by atoms with van der Waals surface area (Å²) < 4.78 is 2.39. The van der Waals surface area contributed by atoms with Crippen molar-refractivity contribution < 1.29 is 21.5 Å². The lowest BCUT2D eigenvalue weighted by molar-refractivity contribution is -0.904. The number of piperazine rings is 1. The van der Waals surface area contributed by atoms with E-state index in [0.29, 0.717) is 0 Å². The molecular weight excluding hydrogens is 334 g/mol. The van der Waals surface area contributed by atoms with Crippen LogP contribution in [0.15, 0.2) is 36.9 Å². The van der Waals surface area contributed by atoms with Crippen molar-refractivity contribution in [2.24, 2.45) is 0 Å². The van der Waals surface area contributed by atoms with E-state index in [2.05, 4.69) is 42.8 Å². The molecule has 2 aromatic rings. The van der Waals surface area contributed by atoms with Gasteiger partial charge in [0.05, 0.1) is 50.0 Å². The summed E-state index contributed by atoms with van der Waals surface area (Å²) in [5.41, 5.74) is 1.12. The van der Waals surface area contributed by atoms with Crippen LogP contribution in [0.2, 0.25) is 0 Å².